The highest BCUT2D eigenvalue weighted by molar-refractivity contribution is 7.15. The van der Waals surface area contributed by atoms with Crippen molar-refractivity contribution in [3.8, 4) is 0 Å². The number of aryl methyl sites for hydroxylation is 1. The van der Waals surface area contributed by atoms with Crippen LogP contribution in [0.5, 0.6) is 0 Å². The van der Waals surface area contributed by atoms with Crippen molar-refractivity contribution in [2.45, 2.75) is 6.92 Å². The molecule has 0 aliphatic carbocycles. The summed E-state index contributed by atoms with van der Waals surface area (Å²) in [5.74, 6) is 0.103. The molecule has 2 heterocycles. The second-order valence-corrected chi connectivity index (χ2v) is 6.61. The molecule has 116 valence electrons. The molecule has 0 saturated carbocycles. The van der Waals surface area contributed by atoms with Crippen molar-refractivity contribution >= 4 is 28.1 Å². The van der Waals surface area contributed by atoms with Gasteiger partial charge < -0.3 is 15.1 Å². The lowest BCUT2D eigenvalue weighted by atomic mass is 10.1. The van der Waals surface area contributed by atoms with Gasteiger partial charge >= 0.3 is 0 Å². The summed E-state index contributed by atoms with van der Waals surface area (Å²) < 4.78 is 0. The number of amides is 1. The van der Waals surface area contributed by atoms with Crippen LogP contribution in [0.2, 0.25) is 0 Å². The van der Waals surface area contributed by atoms with Crippen LogP contribution < -0.4 is 5.32 Å². The Morgan fingerprint density at radius 3 is 2.41 bits per heavy atom. The van der Waals surface area contributed by atoms with Crippen LogP contribution in [0, 0.1) is 6.92 Å². The zero-order chi connectivity index (χ0) is 15.5. The Morgan fingerprint density at radius 1 is 1.14 bits per heavy atom. The molecule has 1 N–H and O–H groups in total. The number of anilines is 2. The predicted molar refractivity (Wildman–Crippen MR) is 87.8 cm³/mol. The summed E-state index contributed by atoms with van der Waals surface area (Å²) in [6.45, 7) is 5.36. The Hall–Kier alpha value is -1.99. The summed E-state index contributed by atoms with van der Waals surface area (Å²) in [6, 6.07) is 7.52. The monoisotopic (exact) mass is 317 g/mol. The van der Waals surface area contributed by atoms with Gasteiger partial charge in [0.15, 0.2) is 0 Å². The van der Waals surface area contributed by atoms with E-state index in [1.807, 2.05) is 36.1 Å². The summed E-state index contributed by atoms with van der Waals surface area (Å²) in [6.07, 6.45) is 0. The molecular weight excluding hydrogens is 298 g/mol. The van der Waals surface area contributed by atoms with Gasteiger partial charge in [-0.15, -0.1) is 10.2 Å². The van der Waals surface area contributed by atoms with Crippen LogP contribution in [0.15, 0.2) is 24.3 Å². The van der Waals surface area contributed by atoms with Crippen LogP contribution in [0.1, 0.15) is 15.4 Å². The normalized spacial score (nSPS) is 15.8. The standard InChI is InChI=1S/C15H19N5OS/c1-11-17-18-15(22-11)16-13-5-3-12(4-6-13)14(21)20-9-7-19(2)8-10-20/h3-6H,7-10H2,1-2H3,(H,16,18). The van der Waals surface area contributed by atoms with Gasteiger partial charge in [0.1, 0.15) is 5.01 Å². The molecule has 0 radical (unpaired) electrons. The second kappa shape index (κ2) is 6.41. The quantitative estimate of drug-likeness (QED) is 0.938. The minimum absolute atomic E-state index is 0.103. The zero-order valence-corrected chi connectivity index (χ0v) is 13.6. The fourth-order valence-electron chi connectivity index (χ4n) is 2.36. The number of hydrogen-bond acceptors (Lipinski definition) is 6. The molecule has 1 amide bonds. The summed E-state index contributed by atoms with van der Waals surface area (Å²) in [7, 11) is 2.08. The van der Waals surface area contributed by atoms with Crippen LogP contribution in [0.4, 0.5) is 10.8 Å². The molecule has 0 spiro atoms. The van der Waals surface area contributed by atoms with Gasteiger partial charge in [-0.2, -0.15) is 0 Å². The highest BCUT2D eigenvalue weighted by Gasteiger charge is 2.20. The average Bonchev–Trinajstić information content (AvgIpc) is 2.93. The number of nitrogens with zero attached hydrogens (tertiary/aromatic N) is 4. The number of benzene rings is 1. The number of carbonyl (C=O) groups is 1. The van der Waals surface area contributed by atoms with E-state index in [0.717, 1.165) is 47.6 Å². The molecule has 1 fully saturated rings. The second-order valence-electron chi connectivity index (χ2n) is 5.42. The summed E-state index contributed by atoms with van der Waals surface area (Å²) >= 11 is 1.50. The van der Waals surface area contributed by atoms with Gasteiger partial charge in [-0.05, 0) is 38.2 Å². The molecule has 3 rings (SSSR count). The first-order valence-electron chi connectivity index (χ1n) is 7.27. The van der Waals surface area contributed by atoms with E-state index < -0.39 is 0 Å². The molecular formula is C15H19N5OS. The van der Waals surface area contributed by atoms with Crippen molar-refractivity contribution in [3.63, 3.8) is 0 Å². The Morgan fingerprint density at radius 2 is 1.82 bits per heavy atom. The maximum Gasteiger partial charge on any atom is 0.253 e. The average molecular weight is 317 g/mol. The molecule has 7 heteroatoms. The lowest BCUT2D eigenvalue weighted by Crippen LogP contribution is -2.47. The number of likely N-dealkylation sites (N-methyl/N-ethyl adjacent to an activating group) is 1. The maximum atomic E-state index is 12.4. The van der Waals surface area contributed by atoms with Crippen molar-refractivity contribution in [1.29, 1.82) is 0 Å². The third kappa shape index (κ3) is 3.42. The number of hydrogen-bond donors (Lipinski definition) is 1. The van der Waals surface area contributed by atoms with Gasteiger partial charge in [0.25, 0.3) is 5.91 Å². The van der Waals surface area contributed by atoms with E-state index in [2.05, 4.69) is 27.5 Å². The van der Waals surface area contributed by atoms with Crippen LogP contribution in [0.3, 0.4) is 0 Å². The summed E-state index contributed by atoms with van der Waals surface area (Å²) in [5, 5.41) is 12.9. The van der Waals surface area contributed by atoms with Crippen LogP contribution >= 0.6 is 11.3 Å². The smallest absolute Gasteiger partial charge is 0.253 e. The van der Waals surface area contributed by atoms with E-state index in [9.17, 15) is 4.79 Å². The number of nitrogens with one attached hydrogen (secondary N) is 1. The van der Waals surface area contributed by atoms with Crippen molar-refractivity contribution in [3.05, 3.63) is 34.8 Å². The third-order valence-corrected chi connectivity index (χ3v) is 4.45. The highest BCUT2D eigenvalue weighted by atomic mass is 32.1. The van der Waals surface area contributed by atoms with Crippen LogP contribution in [0.25, 0.3) is 0 Å². The Labute approximate surface area is 133 Å². The molecule has 1 aliphatic rings. The number of aromatic nitrogens is 2. The Bertz CT molecular complexity index is 646. The predicted octanol–water partition coefficient (Wildman–Crippen LogP) is 1.98. The van der Waals surface area contributed by atoms with Gasteiger partial charge in [0.05, 0.1) is 0 Å². The molecule has 1 aromatic heterocycles. The minimum atomic E-state index is 0.103. The topological polar surface area (TPSA) is 61.4 Å². The molecule has 6 nitrogen and oxygen atoms in total. The Balaban J connectivity index is 1.64. The Kier molecular flexibility index (Phi) is 4.35. The maximum absolute atomic E-state index is 12.4. The van der Waals surface area contributed by atoms with Crippen molar-refractivity contribution in [2.75, 3.05) is 38.5 Å². The molecule has 0 bridgehead atoms. The molecule has 2 aromatic rings. The first-order chi connectivity index (χ1) is 10.6. The lowest BCUT2D eigenvalue weighted by Gasteiger charge is -2.32. The lowest BCUT2D eigenvalue weighted by molar-refractivity contribution is 0.0664. The SMILES string of the molecule is Cc1nnc(Nc2ccc(C(=O)N3CCN(C)CC3)cc2)s1. The number of carbonyl (C=O) groups excluding carboxylic acids is 1. The van der Waals surface area contributed by atoms with E-state index >= 15 is 0 Å². The first-order valence-corrected chi connectivity index (χ1v) is 8.08. The van der Waals surface area contributed by atoms with Gasteiger partial charge in [-0.1, -0.05) is 11.3 Å². The molecule has 1 saturated heterocycles. The molecule has 1 aliphatic heterocycles. The third-order valence-electron chi connectivity index (χ3n) is 3.70. The van der Waals surface area contributed by atoms with E-state index in [0.29, 0.717) is 0 Å². The number of piperazine rings is 1. The summed E-state index contributed by atoms with van der Waals surface area (Å²) in [5.41, 5.74) is 1.63. The van der Waals surface area contributed by atoms with Crippen LogP contribution in [-0.4, -0.2) is 59.1 Å². The summed E-state index contributed by atoms with van der Waals surface area (Å²) in [4.78, 5) is 16.6. The van der Waals surface area contributed by atoms with E-state index in [-0.39, 0.29) is 5.91 Å². The van der Waals surface area contributed by atoms with Crippen molar-refractivity contribution in [2.24, 2.45) is 0 Å². The molecule has 1 aromatic carbocycles. The van der Waals surface area contributed by atoms with Gasteiger partial charge in [-0.25, -0.2) is 0 Å². The molecule has 0 unspecified atom stereocenters. The highest BCUT2D eigenvalue weighted by Crippen LogP contribution is 2.20. The fraction of sp³-hybridized carbons (Fsp3) is 0.400. The van der Waals surface area contributed by atoms with Gasteiger partial charge in [0, 0.05) is 37.4 Å². The molecule has 22 heavy (non-hydrogen) atoms. The number of rotatable bonds is 3. The van der Waals surface area contributed by atoms with Crippen molar-refractivity contribution < 1.29 is 4.79 Å². The largest absolute Gasteiger partial charge is 0.336 e. The van der Waals surface area contributed by atoms with E-state index in [1.165, 1.54) is 11.3 Å². The van der Waals surface area contributed by atoms with E-state index in [4.69, 9.17) is 0 Å². The zero-order valence-electron chi connectivity index (χ0n) is 12.7. The van der Waals surface area contributed by atoms with Crippen LogP contribution in [-0.2, 0) is 0 Å². The van der Waals surface area contributed by atoms with Gasteiger partial charge in [0.2, 0.25) is 5.13 Å². The minimum Gasteiger partial charge on any atom is -0.336 e. The first kappa shape index (κ1) is 14.9. The van der Waals surface area contributed by atoms with Gasteiger partial charge in [-0.3, -0.25) is 4.79 Å². The fourth-order valence-corrected chi connectivity index (χ4v) is 2.97. The van der Waals surface area contributed by atoms with E-state index in [1.54, 1.807) is 0 Å². The van der Waals surface area contributed by atoms with Crippen molar-refractivity contribution in [1.82, 2.24) is 20.0 Å². The molecule has 0 atom stereocenters.